The highest BCUT2D eigenvalue weighted by Crippen LogP contribution is 2.46. The summed E-state index contributed by atoms with van der Waals surface area (Å²) in [6.45, 7) is 6.97. The van der Waals surface area contributed by atoms with Crippen LogP contribution in [-0.4, -0.2) is 21.8 Å². The molecule has 3 aromatic rings. The van der Waals surface area contributed by atoms with Crippen molar-refractivity contribution in [3.8, 4) is 0 Å². The third-order valence-electron chi connectivity index (χ3n) is 6.56. The van der Waals surface area contributed by atoms with Crippen molar-refractivity contribution >= 4 is 17.6 Å². The SMILES string of the molecule is CC(C)(C)c1ccc(CNC(=O)c2cc3c(cn2)CC2(C3)C(=O)Nc3ncccc32)cc1. The first kappa shape index (κ1) is 20.4. The Morgan fingerprint density at radius 1 is 1.09 bits per heavy atom. The van der Waals surface area contributed by atoms with E-state index < -0.39 is 5.41 Å². The number of carbonyl (C=O) groups excluding carboxylic acids is 2. The fourth-order valence-electron chi connectivity index (χ4n) is 4.67. The van der Waals surface area contributed by atoms with Crippen LogP contribution < -0.4 is 10.6 Å². The van der Waals surface area contributed by atoms with Gasteiger partial charge in [0.15, 0.2) is 0 Å². The number of pyridine rings is 2. The topological polar surface area (TPSA) is 84.0 Å². The van der Waals surface area contributed by atoms with Gasteiger partial charge in [-0.25, -0.2) is 4.98 Å². The summed E-state index contributed by atoms with van der Waals surface area (Å²) in [6, 6.07) is 13.9. The van der Waals surface area contributed by atoms with Gasteiger partial charge in [-0.3, -0.25) is 14.6 Å². The summed E-state index contributed by atoms with van der Waals surface area (Å²) in [5.41, 5.74) is 5.03. The Hall–Kier alpha value is -3.54. The van der Waals surface area contributed by atoms with Crippen molar-refractivity contribution in [3.63, 3.8) is 0 Å². The summed E-state index contributed by atoms with van der Waals surface area (Å²) < 4.78 is 0. The highest BCUT2D eigenvalue weighted by atomic mass is 16.2. The second-order valence-corrected chi connectivity index (χ2v) is 9.76. The van der Waals surface area contributed by atoms with Crippen LogP contribution in [0.1, 0.15) is 59.1 Å². The third-order valence-corrected chi connectivity index (χ3v) is 6.56. The molecule has 6 nitrogen and oxygen atoms in total. The molecule has 0 saturated carbocycles. The number of benzene rings is 1. The normalized spacial score (nSPS) is 18.9. The van der Waals surface area contributed by atoms with Crippen LogP contribution in [0.3, 0.4) is 0 Å². The van der Waals surface area contributed by atoms with Gasteiger partial charge in [0.05, 0.1) is 5.41 Å². The van der Waals surface area contributed by atoms with E-state index in [0.717, 1.165) is 22.3 Å². The van der Waals surface area contributed by atoms with E-state index in [2.05, 4.69) is 53.5 Å². The lowest BCUT2D eigenvalue weighted by Crippen LogP contribution is -2.35. The lowest BCUT2D eigenvalue weighted by molar-refractivity contribution is -0.120. The van der Waals surface area contributed by atoms with E-state index in [1.165, 1.54) is 5.56 Å². The van der Waals surface area contributed by atoms with Crippen molar-refractivity contribution in [1.29, 1.82) is 0 Å². The first-order valence-electron chi connectivity index (χ1n) is 10.9. The summed E-state index contributed by atoms with van der Waals surface area (Å²) in [5, 5.41) is 5.86. The molecule has 0 saturated heterocycles. The molecule has 162 valence electrons. The zero-order valence-corrected chi connectivity index (χ0v) is 18.5. The van der Waals surface area contributed by atoms with Crippen molar-refractivity contribution in [2.75, 3.05) is 5.32 Å². The summed E-state index contributed by atoms with van der Waals surface area (Å²) in [4.78, 5) is 34.3. The monoisotopic (exact) mass is 426 g/mol. The second-order valence-electron chi connectivity index (χ2n) is 9.76. The zero-order chi connectivity index (χ0) is 22.5. The molecule has 1 atom stereocenters. The number of amides is 2. The maximum atomic E-state index is 12.8. The molecule has 2 aliphatic rings. The van der Waals surface area contributed by atoms with Crippen molar-refractivity contribution in [3.05, 3.63) is 88.4 Å². The maximum absolute atomic E-state index is 12.8. The van der Waals surface area contributed by atoms with Gasteiger partial charge in [-0.2, -0.15) is 0 Å². The van der Waals surface area contributed by atoms with Gasteiger partial charge in [0.25, 0.3) is 5.91 Å². The smallest absolute Gasteiger partial charge is 0.270 e. The number of nitrogens with zero attached hydrogens (tertiary/aromatic N) is 2. The van der Waals surface area contributed by atoms with Crippen LogP contribution in [0.15, 0.2) is 54.9 Å². The Bertz CT molecular complexity index is 1230. The number of fused-ring (bicyclic) bond motifs is 3. The van der Waals surface area contributed by atoms with Crippen LogP contribution in [0, 0.1) is 0 Å². The van der Waals surface area contributed by atoms with Crippen LogP contribution in [0.5, 0.6) is 0 Å². The molecule has 1 aromatic carbocycles. The predicted molar refractivity (Wildman–Crippen MR) is 123 cm³/mol. The molecule has 6 heteroatoms. The molecular weight excluding hydrogens is 400 g/mol. The molecule has 32 heavy (non-hydrogen) atoms. The second kappa shape index (κ2) is 7.26. The summed E-state index contributed by atoms with van der Waals surface area (Å²) >= 11 is 0. The van der Waals surface area contributed by atoms with Gasteiger partial charge in [0.2, 0.25) is 5.91 Å². The van der Waals surface area contributed by atoms with Gasteiger partial charge in [0, 0.05) is 24.5 Å². The molecule has 1 spiro atoms. The third kappa shape index (κ3) is 3.36. The Morgan fingerprint density at radius 2 is 1.84 bits per heavy atom. The lowest BCUT2D eigenvalue weighted by Gasteiger charge is -2.20. The first-order chi connectivity index (χ1) is 15.3. The number of carbonyl (C=O) groups is 2. The molecule has 2 N–H and O–H groups in total. The molecule has 0 radical (unpaired) electrons. The molecule has 0 fully saturated rings. The average Bonchev–Trinajstić information content (AvgIpc) is 3.29. The summed E-state index contributed by atoms with van der Waals surface area (Å²) in [7, 11) is 0. The van der Waals surface area contributed by atoms with Gasteiger partial charge >= 0.3 is 0 Å². The molecule has 0 bridgehead atoms. The van der Waals surface area contributed by atoms with E-state index in [1.54, 1.807) is 12.4 Å². The van der Waals surface area contributed by atoms with E-state index in [1.807, 2.05) is 30.3 Å². The molecule has 3 heterocycles. The maximum Gasteiger partial charge on any atom is 0.270 e. The highest BCUT2D eigenvalue weighted by molar-refractivity contribution is 6.06. The van der Waals surface area contributed by atoms with Gasteiger partial charge < -0.3 is 10.6 Å². The van der Waals surface area contributed by atoms with Crippen molar-refractivity contribution in [2.45, 2.75) is 51.0 Å². The zero-order valence-electron chi connectivity index (χ0n) is 18.5. The molecule has 1 aliphatic carbocycles. The summed E-state index contributed by atoms with van der Waals surface area (Å²) in [6.07, 6.45) is 4.53. The number of hydrogen-bond donors (Lipinski definition) is 2. The fraction of sp³-hybridized carbons (Fsp3) is 0.308. The number of aromatic nitrogens is 2. The Balaban J connectivity index is 1.31. The van der Waals surface area contributed by atoms with Gasteiger partial charge in [-0.15, -0.1) is 0 Å². The molecule has 1 aliphatic heterocycles. The Morgan fingerprint density at radius 3 is 2.59 bits per heavy atom. The predicted octanol–water partition coefficient (Wildman–Crippen LogP) is 3.69. The van der Waals surface area contributed by atoms with Crippen LogP contribution in [0.25, 0.3) is 0 Å². The highest BCUT2D eigenvalue weighted by Gasteiger charge is 2.51. The molecule has 2 amide bonds. The summed E-state index contributed by atoms with van der Waals surface area (Å²) in [5.74, 6) is 0.382. The molecule has 2 aromatic heterocycles. The number of nitrogens with one attached hydrogen (secondary N) is 2. The van der Waals surface area contributed by atoms with Gasteiger partial charge in [-0.05, 0) is 52.6 Å². The van der Waals surface area contributed by atoms with E-state index >= 15 is 0 Å². The van der Waals surface area contributed by atoms with Crippen LogP contribution in [0.4, 0.5) is 5.82 Å². The van der Waals surface area contributed by atoms with Crippen LogP contribution in [0.2, 0.25) is 0 Å². The van der Waals surface area contributed by atoms with E-state index in [9.17, 15) is 9.59 Å². The standard InChI is InChI=1S/C26H26N4O2/c1-25(2,3)19-8-6-16(7-9-19)14-29-23(31)21-11-17-12-26(13-18(17)15-28-21)20-5-4-10-27-22(20)30-24(26)32/h4-11,15H,12-14H2,1-3H3,(H,29,31)(H,27,30,32). The minimum atomic E-state index is -0.655. The largest absolute Gasteiger partial charge is 0.347 e. The minimum absolute atomic E-state index is 0.0351. The van der Waals surface area contributed by atoms with Crippen molar-refractivity contribution < 1.29 is 9.59 Å². The average molecular weight is 427 g/mol. The van der Waals surface area contributed by atoms with Crippen LogP contribution in [-0.2, 0) is 35.0 Å². The van der Waals surface area contributed by atoms with E-state index in [0.29, 0.717) is 30.9 Å². The minimum Gasteiger partial charge on any atom is -0.347 e. The van der Waals surface area contributed by atoms with Crippen molar-refractivity contribution in [1.82, 2.24) is 15.3 Å². The van der Waals surface area contributed by atoms with E-state index in [-0.39, 0.29) is 17.2 Å². The lowest BCUT2D eigenvalue weighted by atomic mass is 9.79. The van der Waals surface area contributed by atoms with Gasteiger partial charge in [-0.1, -0.05) is 51.1 Å². The van der Waals surface area contributed by atoms with Crippen LogP contribution >= 0.6 is 0 Å². The Kier molecular flexibility index (Phi) is 4.62. The molecular formula is C26H26N4O2. The number of hydrogen-bond acceptors (Lipinski definition) is 4. The Labute approximate surface area is 187 Å². The fourth-order valence-corrected chi connectivity index (χ4v) is 4.67. The molecule has 1 unspecified atom stereocenters. The van der Waals surface area contributed by atoms with Crippen molar-refractivity contribution in [2.24, 2.45) is 0 Å². The van der Waals surface area contributed by atoms with Gasteiger partial charge in [0.1, 0.15) is 11.5 Å². The number of anilines is 1. The number of rotatable bonds is 3. The molecule has 5 rings (SSSR count). The quantitative estimate of drug-likeness (QED) is 0.669. The van der Waals surface area contributed by atoms with E-state index in [4.69, 9.17) is 0 Å². The first-order valence-corrected chi connectivity index (χ1v) is 10.9.